The van der Waals surface area contributed by atoms with Crippen LogP contribution in [-0.2, 0) is 17.1 Å². The summed E-state index contributed by atoms with van der Waals surface area (Å²) in [5, 5.41) is -0.475. The molecule has 19 heavy (non-hydrogen) atoms. The van der Waals surface area contributed by atoms with Crippen LogP contribution in [0.1, 0.15) is 0 Å². The topological polar surface area (TPSA) is 64.0 Å². The monoisotopic (exact) mass is 307 g/mol. The molecule has 1 N–H and O–H groups in total. The molecule has 2 aromatic rings. The predicted molar refractivity (Wildman–Crippen MR) is 65.4 cm³/mol. The summed E-state index contributed by atoms with van der Waals surface area (Å²) in [6, 6.07) is 2.63. The van der Waals surface area contributed by atoms with Crippen LogP contribution in [0.25, 0.3) is 0 Å². The van der Waals surface area contributed by atoms with Gasteiger partial charge in [-0.3, -0.25) is 4.72 Å². The second-order valence-electron chi connectivity index (χ2n) is 3.69. The Labute approximate surface area is 112 Å². The van der Waals surface area contributed by atoms with Crippen LogP contribution < -0.4 is 4.72 Å². The molecule has 5 nitrogen and oxygen atoms in total. The van der Waals surface area contributed by atoms with Gasteiger partial charge in [-0.1, -0.05) is 11.6 Å². The first-order valence-corrected chi connectivity index (χ1v) is 6.82. The molecule has 1 aromatic carbocycles. The molecule has 0 radical (unpaired) electrons. The van der Waals surface area contributed by atoms with Crippen molar-refractivity contribution in [2.45, 2.75) is 5.03 Å². The highest BCUT2D eigenvalue weighted by molar-refractivity contribution is 7.92. The molecule has 0 bridgehead atoms. The molecule has 0 atom stereocenters. The average molecular weight is 308 g/mol. The zero-order valence-electron chi connectivity index (χ0n) is 9.56. The van der Waals surface area contributed by atoms with Gasteiger partial charge in [0, 0.05) is 13.1 Å². The van der Waals surface area contributed by atoms with Crippen molar-refractivity contribution in [3.8, 4) is 0 Å². The summed E-state index contributed by atoms with van der Waals surface area (Å²) in [6.07, 6.45) is 1.22. The third-order valence-electron chi connectivity index (χ3n) is 2.26. The second-order valence-corrected chi connectivity index (χ2v) is 5.64. The first-order valence-electron chi connectivity index (χ1n) is 4.96. The zero-order chi connectivity index (χ0) is 14.2. The molecule has 1 aromatic heterocycles. The van der Waals surface area contributed by atoms with Crippen LogP contribution >= 0.6 is 11.6 Å². The fraction of sp³-hybridized carbons (Fsp3) is 0.100. The molecule has 1 heterocycles. The van der Waals surface area contributed by atoms with Gasteiger partial charge in [0.25, 0.3) is 10.0 Å². The molecule has 9 heteroatoms. The molecule has 0 aliphatic rings. The number of sulfonamides is 1. The van der Waals surface area contributed by atoms with E-state index in [1.807, 2.05) is 0 Å². The lowest BCUT2D eigenvalue weighted by atomic mass is 10.3. The summed E-state index contributed by atoms with van der Waals surface area (Å²) in [5.74, 6) is -2.23. The zero-order valence-corrected chi connectivity index (χ0v) is 11.1. The number of hydrogen-bond donors (Lipinski definition) is 1. The SMILES string of the molecule is Cn1cnc(S(=O)(=O)Nc2ccc(F)c(F)c2)c1Cl. The van der Waals surface area contributed by atoms with Crippen molar-refractivity contribution in [1.29, 1.82) is 0 Å². The van der Waals surface area contributed by atoms with E-state index < -0.39 is 21.7 Å². The molecule has 0 saturated heterocycles. The van der Waals surface area contributed by atoms with E-state index in [4.69, 9.17) is 11.6 Å². The maximum Gasteiger partial charge on any atom is 0.282 e. The van der Waals surface area contributed by atoms with E-state index in [0.717, 1.165) is 18.2 Å². The molecular formula is C10H8ClF2N3O2S. The van der Waals surface area contributed by atoms with E-state index >= 15 is 0 Å². The van der Waals surface area contributed by atoms with Gasteiger partial charge in [-0.15, -0.1) is 0 Å². The number of rotatable bonds is 3. The number of aromatic nitrogens is 2. The lowest BCUT2D eigenvalue weighted by Gasteiger charge is -2.06. The van der Waals surface area contributed by atoms with Gasteiger partial charge in [-0.2, -0.15) is 8.42 Å². The Balaban J connectivity index is 2.36. The second kappa shape index (κ2) is 4.78. The van der Waals surface area contributed by atoms with Crippen molar-refractivity contribution in [3.63, 3.8) is 0 Å². The third-order valence-corrected chi connectivity index (χ3v) is 4.13. The number of nitrogens with one attached hydrogen (secondary N) is 1. The van der Waals surface area contributed by atoms with Crippen molar-refractivity contribution >= 4 is 27.3 Å². The summed E-state index contributed by atoms with van der Waals surface area (Å²) in [7, 11) is -2.54. The Hall–Kier alpha value is -1.67. The highest BCUT2D eigenvalue weighted by Gasteiger charge is 2.22. The van der Waals surface area contributed by atoms with E-state index in [-0.39, 0.29) is 15.9 Å². The van der Waals surface area contributed by atoms with Crippen LogP contribution in [-0.4, -0.2) is 18.0 Å². The molecule has 0 amide bonds. The number of nitrogens with zero attached hydrogens (tertiary/aromatic N) is 2. The Kier molecular flexibility index (Phi) is 3.46. The Morgan fingerprint density at radius 3 is 2.53 bits per heavy atom. The van der Waals surface area contributed by atoms with Crippen LogP contribution in [0.3, 0.4) is 0 Å². The molecular weight excluding hydrogens is 300 g/mol. The van der Waals surface area contributed by atoms with Crippen LogP contribution in [0.15, 0.2) is 29.6 Å². The molecule has 0 spiro atoms. The van der Waals surface area contributed by atoms with Gasteiger partial charge in [0.05, 0.1) is 12.0 Å². The first kappa shape index (κ1) is 13.8. The van der Waals surface area contributed by atoms with E-state index in [1.165, 1.54) is 17.9 Å². The molecule has 0 unspecified atom stereocenters. The average Bonchev–Trinajstić information content (AvgIpc) is 2.65. The fourth-order valence-corrected chi connectivity index (χ4v) is 2.82. The van der Waals surface area contributed by atoms with Gasteiger partial charge >= 0.3 is 0 Å². The van der Waals surface area contributed by atoms with Gasteiger partial charge in [0.2, 0.25) is 5.03 Å². The number of imidazole rings is 1. The van der Waals surface area contributed by atoms with Crippen molar-refractivity contribution in [2.24, 2.45) is 7.05 Å². The molecule has 102 valence electrons. The smallest absolute Gasteiger partial charge is 0.282 e. The minimum absolute atomic E-state index is 0.0879. The fourth-order valence-electron chi connectivity index (χ4n) is 1.34. The maximum atomic E-state index is 13.0. The number of benzene rings is 1. The minimum atomic E-state index is -4.06. The lowest BCUT2D eigenvalue weighted by molar-refractivity contribution is 0.509. The number of anilines is 1. The summed E-state index contributed by atoms with van der Waals surface area (Å²) in [6.45, 7) is 0. The van der Waals surface area contributed by atoms with Crippen LogP contribution in [0.4, 0.5) is 14.5 Å². The molecule has 0 saturated carbocycles. The summed E-state index contributed by atoms with van der Waals surface area (Å²) < 4.78 is 53.0. The summed E-state index contributed by atoms with van der Waals surface area (Å²) in [4.78, 5) is 3.64. The Bertz CT molecular complexity index is 730. The number of halogens is 3. The van der Waals surface area contributed by atoms with E-state index in [9.17, 15) is 17.2 Å². The molecule has 0 aliphatic heterocycles. The third kappa shape index (κ3) is 2.69. The van der Waals surface area contributed by atoms with E-state index in [0.29, 0.717) is 0 Å². The van der Waals surface area contributed by atoms with E-state index in [1.54, 1.807) is 0 Å². The number of hydrogen-bond acceptors (Lipinski definition) is 3. The largest absolute Gasteiger partial charge is 0.324 e. The quantitative estimate of drug-likeness (QED) is 0.945. The predicted octanol–water partition coefficient (Wildman–Crippen LogP) is 2.15. The minimum Gasteiger partial charge on any atom is -0.324 e. The van der Waals surface area contributed by atoms with Gasteiger partial charge in [-0.05, 0) is 12.1 Å². The Morgan fingerprint density at radius 2 is 2.00 bits per heavy atom. The molecule has 2 rings (SSSR count). The van der Waals surface area contributed by atoms with Gasteiger partial charge in [-0.25, -0.2) is 13.8 Å². The van der Waals surface area contributed by atoms with Crippen molar-refractivity contribution < 1.29 is 17.2 Å². The van der Waals surface area contributed by atoms with Crippen LogP contribution in [0.2, 0.25) is 5.15 Å². The van der Waals surface area contributed by atoms with E-state index in [2.05, 4.69) is 9.71 Å². The van der Waals surface area contributed by atoms with Crippen molar-refractivity contribution in [2.75, 3.05) is 4.72 Å². The van der Waals surface area contributed by atoms with Crippen molar-refractivity contribution in [1.82, 2.24) is 9.55 Å². The molecule has 0 aliphatic carbocycles. The van der Waals surface area contributed by atoms with Gasteiger partial charge in [0.1, 0.15) is 5.15 Å². The summed E-state index contributed by atoms with van der Waals surface area (Å²) in [5.41, 5.74) is -0.124. The summed E-state index contributed by atoms with van der Waals surface area (Å²) >= 11 is 5.76. The van der Waals surface area contributed by atoms with Gasteiger partial charge < -0.3 is 4.57 Å². The van der Waals surface area contributed by atoms with Crippen LogP contribution in [0.5, 0.6) is 0 Å². The molecule has 0 fully saturated rings. The highest BCUT2D eigenvalue weighted by atomic mass is 35.5. The Morgan fingerprint density at radius 1 is 1.32 bits per heavy atom. The van der Waals surface area contributed by atoms with Crippen molar-refractivity contribution in [3.05, 3.63) is 41.3 Å². The standard InChI is InChI=1S/C10H8ClF2N3O2S/c1-16-5-14-10(9(16)11)19(17,18)15-6-2-3-7(12)8(13)4-6/h2-5,15H,1H3. The lowest BCUT2D eigenvalue weighted by Crippen LogP contribution is -2.14. The van der Waals surface area contributed by atoms with Gasteiger partial charge in [0.15, 0.2) is 11.6 Å². The highest BCUT2D eigenvalue weighted by Crippen LogP contribution is 2.22. The first-order chi connectivity index (χ1) is 8.81. The maximum absolute atomic E-state index is 13.0. The number of aryl methyl sites for hydroxylation is 1. The van der Waals surface area contributed by atoms with Crippen LogP contribution in [0, 0.1) is 11.6 Å². The normalized spacial score (nSPS) is 11.6.